The topological polar surface area (TPSA) is 9.72 Å². The Balaban J connectivity index is 0.000000104. The number of rotatable bonds is 10. The van der Waals surface area contributed by atoms with Crippen molar-refractivity contribution in [3.8, 4) is 44.5 Å². The van der Waals surface area contributed by atoms with E-state index in [1.807, 2.05) is 0 Å². The molecule has 0 saturated heterocycles. The summed E-state index contributed by atoms with van der Waals surface area (Å²) < 4.78 is 0. The van der Waals surface area contributed by atoms with E-state index >= 15 is 0 Å². The van der Waals surface area contributed by atoms with Gasteiger partial charge in [-0.2, -0.15) is 0 Å². The van der Waals surface area contributed by atoms with Crippen LogP contribution in [0.1, 0.15) is 145 Å². The van der Waals surface area contributed by atoms with E-state index in [1.54, 1.807) is 33.4 Å². The predicted octanol–water partition coefficient (Wildman–Crippen LogP) is 35.3. The summed E-state index contributed by atoms with van der Waals surface area (Å²) in [6.07, 6.45) is 21.5. The molecule has 15 aliphatic carbocycles. The average molecular weight is 1720 g/mol. The molecule has 3 heteroatoms. The quantitative estimate of drug-likeness (QED) is 0.126. The third-order valence-corrected chi connectivity index (χ3v) is 35.6. The summed E-state index contributed by atoms with van der Waals surface area (Å²) in [5.74, 6) is 10.5. The number of hydrogen-bond acceptors (Lipinski definition) is 3. The van der Waals surface area contributed by atoms with Gasteiger partial charge >= 0.3 is 0 Å². The zero-order valence-electron chi connectivity index (χ0n) is 74.4. The fourth-order valence-corrected chi connectivity index (χ4v) is 31.4. The zero-order chi connectivity index (χ0) is 85.8. The van der Waals surface area contributed by atoms with E-state index in [0.717, 1.165) is 71.0 Å². The van der Waals surface area contributed by atoms with E-state index in [0.29, 0.717) is 0 Å². The van der Waals surface area contributed by atoms with Crippen LogP contribution in [-0.2, 0) is 16.2 Å². The number of nitrogens with zero attached hydrogens (tertiary/aromatic N) is 3. The lowest BCUT2D eigenvalue weighted by Gasteiger charge is -2.61. The van der Waals surface area contributed by atoms with Gasteiger partial charge in [-0.15, -0.1) is 0 Å². The van der Waals surface area contributed by atoms with Gasteiger partial charge in [0.2, 0.25) is 0 Å². The molecule has 18 aromatic carbocycles. The Kier molecular flexibility index (Phi) is 19.0. The second-order valence-electron chi connectivity index (χ2n) is 41.8. The van der Waals surface area contributed by atoms with Crippen LogP contribution in [0.3, 0.4) is 0 Å². The summed E-state index contributed by atoms with van der Waals surface area (Å²) in [5.41, 5.74) is 32.5. The van der Waals surface area contributed by atoms with Gasteiger partial charge in [-0.25, -0.2) is 0 Å². The molecule has 3 nitrogen and oxygen atoms in total. The molecule has 12 saturated carbocycles. The summed E-state index contributed by atoms with van der Waals surface area (Å²) in [5, 5.41) is 12.9. The van der Waals surface area contributed by atoms with Gasteiger partial charge < -0.3 is 14.7 Å². The lowest BCUT2D eigenvalue weighted by molar-refractivity contribution is -0.0399. The van der Waals surface area contributed by atoms with Gasteiger partial charge in [0.25, 0.3) is 0 Å². The molecule has 0 unspecified atom stereocenters. The summed E-state index contributed by atoms with van der Waals surface area (Å²) in [7, 11) is 0. The maximum Gasteiger partial charge on any atom is 0.0546 e. The number of anilines is 9. The van der Waals surface area contributed by atoms with Gasteiger partial charge in [-0.1, -0.05) is 300 Å². The molecule has 18 aromatic rings. The summed E-state index contributed by atoms with van der Waals surface area (Å²) in [4.78, 5) is 7.40. The number of benzene rings is 18. The van der Waals surface area contributed by atoms with Crippen LogP contribution in [0, 0.1) is 71.0 Å². The van der Waals surface area contributed by atoms with Crippen molar-refractivity contribution < 1.29 is 0 Å². The van der Waals surface area contributed by atoms with E-state index < -0.39 is 0 Å². The van der Waals surface area contributed by atoms with Gasteiger partial charge in [0.05, 0.1) is 5.69 Å². The maximum absolute atomic E-state index is 2.55. The largest absolute Gasteiger partial charge is 0.310 e. The maximum atomic E-state index is 2.55. The highest BCUT2D eigenvalue weighted by atomic mass is 15.2. The Morgan fingerprint density at radius 3 is 0.910 bits per heavy atom. The Hall–Kier alpha value is -13.3. The molecule has 0 aromatic heterocycles. The molecular weight excluding hydrogens is 1600 g/mol. The van der Waals surface area contributed by atoms with Crippen molar-refractivity contribution in [2.75, 3.05) is 14.7 Å². The van der Waals surface area contributed by atoms with Crippen molar-refractivity contribution in [3.05, 3.63) is 428 Å². The first-order valence-corrected chi connectivity index (χ1v) is 49.5. The fourth-order valence-electron chi connectivity index (χ4n) is 31.4. The molecule has 0 radical (unpaired) electrons. The van der Waals surface area contributed by atoms with Crippen LogP contribution in [0.25, 0.3) is 98.4 Å². The van der Waals surface area contributed by atoms with Crippen molar-refractivity contribution in [1.29, 1.82) is 0 Å². The molecule has 33 rings (SSSR count). The molecule has 12 fully saturated rings. The predicted molar refractivity (Wildman–Crippen MR) is 560 cm³/mol. The van der Waals surface area contributed by atoms with Crippen LogP contribution >= 0.6 is 0 Å². The second-order valence-corrected chi connectivity index (χ2v) is 41.8. The zero-order valence-corrected chi connectivity index (χ0v) is 74.4. The normalized spacial score (nSPS) is 25.6. The molecule has 0 atom stereocenters. The van der Waals surface area contributed by atoms with Gasteiger partial charge in [-0.3, -0.25) is 0 Å². The van der Waals surface area contributed by atoms with Crippen LogP contribution in [0.5, 0.6) is 0 Å². The lowest BCUT2D eigenvalue weighted by Crippen LogP contribution is -2.55. The molecule has 0 heterocycles. The number of fused-ring (bicyclic) bond motifs is 16. The van der Waals surface area contributed by atoms with Crippen molar-refractivity contribution >= 4 is 105 Å². The van der Waals surface area contributed by atoms with Gasteiger partial charge in [0, 0.05) is 67.1 Å². The minimum Gasteiger partial charge on any atom is -0.310 e. The first kappa shape index (κ1) is 80.5. The molecule has 0 N–H and O–H groups in total. The lowest BCUT2D eigenvalue weighted by atomic mass is 9.43. The molecule has 3 spiro atoms. The summed E-state index contributed by atoms with van der Waals surface area (Å²) in [6.45, 7) is 0. The Morgan fingerprint density at radius 1 is 0.165 bits per heavy atom. The van der Waals surface area contributed by atoms with E-state index in [2.05, 4.69) is 409 Å². The molecule has 0 amide bonds. The Morgan fingerprint density at radius 2 is 0.451 bits per heavy atom. The first-order valence-electron chi connectivity index (χ1n) is 49.5. The highest BCUT2D eigenvalue weighted by molar-refractivity contribution is 6.15. The Labute approximate surface area is 784 Å². The van der Waals surface area contributed by atoms with Crippen molar-refractivity contribution in [2.24, 2.45) is 71.0 Å². The number of para-hydroxylation sites is 3. The summed E-state index contributed by atoms with van der Waals surface area (Å²) >= 11 is 0. The van der Waals surface area contributed by atoms with E-state index in [9.17, 15) is 0 Å². The minimum absolute atomic E-state index is 0. The highest BCUT2D eigenvalue weighted by Crippen LogP contribution is 2.74. The SMILES string of the molecule is C.C.c1ccc(N(c2ccc(-c3ccc4ccccc4c3)cc2)c2ccc3c(c2)-c2ccccc2C32C3CC4CC(C3)CC2C4)cc1.c1ccc(N(c2ccc3c(c2)-c2ccccc2C32C3CC4CC(C3)CC2C4)c2cc3ccccc3c3ccccc23)cc1.c1ccc(N(c2ccc3c(c2)-c2ccccc2C32C3CC4CC(C3)CC2C4)c2ccc3c(ccc4ccccc43)c2)cc1. The van der Waals surface area contributed by atoms with Gasteiger partial charge in [0.15, 0.2) is 0 Å². The Bertz CT molecular complexity index is 7520. The van der Waals surface area contributed by atoms with Crippen molar-refractivity contribution in [1.82, 2.24) is 0 Å². The van der Waals surface area contributed by atoms with Crippen LogP contribution in [0.15, 0.2) is 394 Å². The van der Waals surface area contributed by atoms with Crippen LogP contribution in [0.2, 0.25) is 0 Å². The van der Waals surface area contributed by atoms with E-state index in [-0.39, 0.29) is 31.1 Å². The minimum atomic E-state index is 0. The first-order chi connectivity index (χ1) is 64.8. The van der Waals surface area contributed by atoms with Gasteiger partial charge in [-0.05, 0) is 403 Å². The average Bonchev–Trinajstić information content (AvgIpc) is 1.27. The monoisotopic (exact) mass is 1720 g/mol. The fraction of sp³-hybridized carbons (Fsp3) is 0.246. The smallest absolute Gasteiger partial charge is 0.0546 e. The van der Waals surface area contributed by atoms with Crippen molar-refractivity contribution in [2.45, 2.75) is 127 Å². The van der Waals surface area contributed by atoms with E-state index in [4.69, 9.17) is 0 Å². The molecule has 15 aliphatic rings. The van der Waals surface area contributed by atoms with Crippen LogP contribution in [-0.4, -0.2) is 0 Å². The standard InChI is InChI=1S/C44H37N.2C42H35N.2CH4/c1-2-10-37(11-3-1)45(38-18-16-32(17-19-38)34-15-14-31-8-4-5-9-33(31)27-34)39-20-21-43-41(28-39)40-12-6-7-13-42(40)44(43)35-23-29-22-30(25-35)26-36(44)24-29;1-2-11-32(12-3-1)43(41-25-29-10-4-5-13-34(29)35-14-6-7-16-37(35)41)33-18-19-40-38(26-33)36-15-8-9-17-39(36)42(40)30-21-27-20-28(23-30)24-31(42)22-27;1-2-9-33(10-3-1)43(34-16-18-37-30(25-34)15-14-29-8-4-5-11-36(29)37)35-17-19-41-39(26-35)38-12-6-7-13-40(38)42(41)31-21-27-20-28(23-31)24-32(42)22-27;;/h1-21,27-30,35-36H,22-26H2;1-19,25-28,30-31H,20-24H2;1-19,25-28,31-32H,20-24H2;2*1H4. The van der Waals surface area contributed by atoms with Crippen LogP contribution < -0.4 is 14.7 Å². The molecule has 133 heavy (non-hydrogen) atoms. The summed E-state index contributed by atoms with van der Waals surface area (Å²) in [6, 6.07) is 148. The molecule has 0 aliphatic heterocycles. The van der Waals surface area contributed by atoms with E-state index in [1.165, 1.54) is 246 Å². The third-order valence-electron chi connectivity index (χ3n) is 35.6. The molecule has 650 valence electrons. The highest BCUT2D eigenvalue weighted by Gasteiger charge is 2.65. The van der Waals surface area contributed by atoms with Crippen LogP contribution in [0.4, 0.5) is 51.2 Å². The second kappa shape index (κ2) is 31.4. The molecular formula is C130H115N3. The molecule has 12 bridgehead atoms. The third kappa shape index (κ3) is 12.2. The van der Waals surface area contributed by atoms with Crippen molar-refractivity contribution in [3.63, 3.8) is 0 Å². The number of hydrogen-bond donors (Lipinski definition) is 0. The van der Waals surface area contributed by atoms with Gasteiger partial charge in [0.1, 0.15) is 0 Å².